The number of fused-ring (bicyclic) bond motifs is 3. The molecule has 1 heterocycles. The number of piperidine rings is 1. The largest absolute Gasteiger partial charge is 0.490 e. The van der Waals surface area contributed by atoms with Gasteiger partial charge in [0.25, 0.3) is 0 Å². The van der Waals surface area contributed by atoms with E-state index < -0.39 is 0 Å². The normalized spacial score (nSPS) is 20.6. The van der Waals surface area contributed by atoms with Gasteiger partial charge in [-0.3, -0.25) is 4.79 Å². The van der Waals surface area contributed by atoms with Crippen LogP contribution in [0.5, 0.6) is 5.75 Å². The van der Waals surface area contributed by atoms with Gasteiger partial charge in [0.1, 0.15) is 11.9 Å². The van der Waals surface area contributed by atoms with Crippen molar-refractivity contribution in [2.45, 2.75) is 44.6 Å². The zero-order valence-electron chi connectivity index (χ0n) is 16.5. The van der Waals surface area contributed by atoms with E-state index in [1.807, 2.05) is 24.3 Å². The summed E-state index contributed by atoms with van der Waals surface area (Å²) in [6, 6.07) is 11.9. The van der Waals surface area contributed by atoms with Gasteiger partial charge in [0.15, 0.2) is 5.78 Å². The maximum absolute atomic E-state index is 13.4. The van der Waals surface area contributed by atoms with Crippen molar-refractivity contribution in [2.24, 2.45) is 0 Å². The van der Waals surface area contributed by atoms with Gasteiger partial charge < -0.3 is 15.8 Å². The Morgan fingerprint density at radius 3 is 2.64 bits per heavy atom. The molecule has 2 aromatic rings. The minimum absolute atomic E-state index is 0.113. The maximum atomic E-state index is 13.4. The molecule has 28 heavy (non-hydrogen) atoms. The maximum Gasteiger partial charge on any atom is 0.193 e. The average molecular weight is 374 g/mol. The van der Waals surface area contributed by atoms with E-state index in [0.29, 0.717) is 5.69 Å². The molecule has 0 saturated carbocycles. The zero-order valence-corrected chi connectivity index (χ0v) is 16.5. The molecule has 0 aromatic heterocycles. The quantitative estimate of drug-likeness (QED) is 0.783. The van der Waals surface area contributed by atoms with Crippen LogP contribution in [-0.4, -0.2) is 25.0 Å². The first-order chi connectivity index (χ1) is 13.4. The number of carbonyl (C=O) groups is 1. The van der Waals surface area contributed by atoms with E-state index in [9.17, 15) is 4.79 Å². The van der Waals surface area contributed by atoms with Gasteiger partial charge in [-0.15, -0.1) is 0 Å². The molecule has 0 radical (unpaired) electrons. The van der Waals surface area contributed by atoms with Crippen molar-refractivity contribution in [1.29, 1.82) is 0 Å². The van der Waals surface area contributed by atoms with E-state index in [-0.39, 0.29) is 17.3 Å². The Morgan fingerprint density at radius 1 is 1.07 bits per heavy atom. The third kappa shape index (κ3) is 2.59. The topological polar surface area (TPSA) is 64.3 Å². The van der Waals surface area contributed by atoms with Crippen LogP contribution in [0, 0.1) is 0 Å². The second kappa shape index (κ2) is 6.21. The molecule has 0 atom stereocenters. The van der Waals surface area contributed by atoms with Crippen LogP contribution >= 0.6 is 0 Å². The highest BCUT2D eigenvalue weighted by Crippen LogP contribution is 2.50. The molecule has 3 aliphatic rings. The third-order valence-electron chi connectivity index (χ3n) is 6.55. The number of ketones is 1. The summed E-state index contributed by atoms with van der Waals surface area (Å²) in [7, 11) is 0. The van der Waals surface area contributed by atoms with Crippen molar-refractivity contribution < 1.29 is 9.53 Å². The molecule has 0 amide bonds. The SMILES string of the molecule is CC1(C)C2=C(C(=O)c3ccc(OC4CCNCC4)cc31)c1cc(N)ccc1C2. The Bertz CT molecular complexity index is 1010. The van der Waals surface area contributed by atoms with E-state index in [2.05, 4.69) is 31.3 Å². The third-order valence-corrected chi connectivity index (χ3v) is 6.55. The molecule has 0 bridgehead atoms. The number of rotatable bonds is 2. The Labute approximate surface area is 165 Å². The van der Waals surface area contributed by atoms with Gasteiger partial charge in [-0.25, -0.2) is 0 Å². The number of nitrogen functional groups attached to an aromatic ring is 1. The molecule has 144 valence electrons. The highest BCUT2D eigenvalue weighted by atomic mass is 16.5. The number of anilines is 1. The molecule has 2 aromatic carbocycles. The number of nitrogens with one attached hydrogen (secondary N) is 1. The van der Waals surface area contributed by atoms with E-state index in [4.69, 9.17) is 10.5 Å². The Morgan fingerprint density at radius 2 is 1.86 bits per heavy atom. The van der Waals surface area contributed by atoms with Crippen LogP contribution in [0.3, 0.4) is 0 Å². The molecular formula is C24H26N2O2. The summed E-state index contributed by atoms with van der Waals surface area (Å²) in [6.07, 6.45) is 3.09. The standard InChI is InChI=1S/C24H26N2O2/c1-24(2)20-13-17(28-16-7-9-26-10-8-16)5-6-18(20)23(27)22-19-12-15(25)4-3-14(19)11-21(22)24/h3-6,12-13,16,26H,7-11,25H2,1-2H3. The first-order valence-corrected chi connectivity index (χ1v) is 10.1. The molecule has 0 unspecified atom stereocenters. The molecule has 0 spiro atoms. The van der Waals surface area contributed by atoms with Gasteiger partial charge in [0, 0.05) is 22.2 Å². The molecule has 4 nitrogen and oxygen atoms in total. The van der Waals surface area contributed by atoms with Gasteiger partial charge in [-0.1, -0.05) is 19.9 Å². The molecule has 2 aliphatic carbocycles. The van der Waals surface area contributed by atoms with Crippen LogP contribution in [0.25, 0.3) is 5.57 Å². The summed E-state index contributed by atoms with van der Waals surface area (Å²) in [5, 5.41) is 3.37. The van der Waals surface area contributed by atoms with Crippen molar-refractivity contribution in [3.8, 4) is 5.75 Å². The van der Waals surface area contributed by atoms with E-state index in [1.165, 1.54) is 11.1 Å². The number of Topliss-reactive ketones (excluding diaryl/α,β-unsaturated/α-hetero) is 1. The fraction of sp³-hybridized carbons (Fsp3) is 0.375. The smallest absolute Gasteiger partial charge is 0.193 e. The highest BCUT2D eigenvalue weighted by Gasteiger charge is 2.43. The number of hydrogen-bond donors (Lipinski definition) is 2. The first kappa shape index (κ1) is 17.5. The predicted molar refractivity (Wildman–Crippen MR) is 112 cm³/mol. The van der Waals surface area contributed by atoms with Gasteiger partial charge in [-0.2, -0.15) is 0 Å². The first-order valence-electron chi connectivity index (χ1n) is 10.1. The number of carbonyl (C=O) groups excluding carboxylic acids is 1. The summed E-state index contributed by atoms with van der Waals surface area (Å²) in [5.74, 6) is 0.984. The number of allylic oxidation sites excluding steroid dienone is 2. The lowest BCUT2D eigenvalue weighted by Gasteiger charge is -2.35. The van der Waals surface area contributed by atoms with Gasteiger partial charge in [0.05, 0.1) is 0 Å². The van der Waals surface area contributed by atoms with E-state index in [1.54, 1.807) is 0 Å². The lowest BCUT2D eigenvalue weighted by molar-refractivity contribution is 0.105. The summed E-state index contributed by atoms with van der Waals surface area (Å²) in [5.41, 5.74) is 12.6. The number of hydrogen-bond acceptors (Lipinski definition) is 4. The summed E-state index contributed by atoms with van der Waals surface area (Å²) >= 11 is 0. The van der Waals surface area contributed by atoms with Crippen molar-refractivity contribution in [2.75, 3.05) is 18.8 Å². The Kier molecular flexibility index (Phi) is 3.88. The second-order valence-electron chi connectivity index (χ2n) is 8.68. The minimum Gasteiger partial charge on any atom is -0.490 e. The van der Waals surface area contributed by atoms with Crippen LogP contribution in [0.2, 0.25) is 0 Å². The Hall–Kier alpha value is -2.59. The zero-order chi connectivity index (χ0) is 19.5. The lowest BCUT2D eigenvalue weighted by atomic mass is 9.68. The van der Waals surface area contributed by atoms with Crippen molar-refractivity contribution in [3.63, 3.8) is 0 Å². The summed E-state index contributed by atoms with van der Waals surface area (Å²) in [4.78, 5) is 13.4. The molecule has 1 fully saturated rings. The van der Waals surface area contributed by atoms with Crippen LogP contribution in [-0.2, 0) is 11.8 Å². The predicted octanol–water partition coefficient (Wildman–Crippen LogP) is 3.88. The molecular weight excluding hydrogens is 348 g/mol. The average Bonchev–Trinajstić information content (AvgIpc) is 3.07. The molecule has 4 heteroatoms. The fourth-order valence-electron chi connectivity index (χ4n) is 4.93. The van der Waals surface area contributed by atoms with Crippen LogP contribution in [0.1, 0.15) is 53.7 Å². The van der Waals surface area contributed by atoms with Crippen LogP contribution < -0.4 is 15.8 Å². The minimum atomic E-state index is -0.222. The highest BCUT2D eigenvalue weighted by molar-refractivity contribution is 6.33. The van der Waals surface area contributed by atoms with E-state index in [0.717, 1.165) is 60.4 Å². The molecule has 1 aliphatic heterocycles. The van der Waals surface area contributed by atoms with Crippen LogP contribution in [0.4, 0.5) is 5.69 Å². The van der Waals surface area contributed by atoms with Crippen molar-refractivity contribution in [1.82, 2.24) is 5.32 Å². The van der Waals surface area contributed by atoms with Crippen LogP contribution in [0.15, 0.2) is 42.0 Å². The summed E-state index contributed by atoms with van der Waals surface area (Å²) in [6.45, 7) is 6.43. The summed E-state index contributed by atoms with van der Waals surface area (Å²) < 4.78 is 6.25. The molecule has 5 rings (SSSR count). The lowest BCUT2D eigenvalue weighted by Crippen LogP contribution is -2.34. The van der Waals surface area contributed by atoms with Gasteiger partial charge >= 0.3 is 0 Å². The number of nitrogens with two attached hydrogens (primary N) is 1. The second-order valence-corrected chi connectivity index (χ2v) is 8.68. The Balaban J connectivity index is 1.55. The fourth-order valence-corrected chi connectivity index (χ4v) is 4.93. The monoisotopic (exact) mass is 374 g/mol. The molecule has 3 N–H and O–H groups in total. The van der Waals surface area contributed by atoms with Gasteiger partial charge in [0.2, 0.25) is 0 Å². The molecule has 1 saturated heterocycles. The number of ether oxygens (including phenoxy) is 1. The van der Waals surface area contributed by atoms with Crippen molar-refractivity contribution in [3.05, 3.63) is 64.2 Å². The van der Waals surface area contributed by atoms with Gasteiger partial charge in [-0.05, 0) is 84.9 Å². The van der Waals surface area contributed by atoms with Crippen molar-refractivity contribution >= 4 is 17.0 Å². The van der Waals surface area contributed by atoms with E-state index >= 15 is 0 Å². The number of benzene rings is 2.